The van der Waals surface area contributed by atoms with Gasteiger partial charge in [-0.1, -0.05) is 18.2 Å². The number of para-hydroxylation sites is 1. The van der Waals surface area contributed by atoms with Crippen LogP contribution in [0.2, 0.25) is 0 Å². The van der Waals surface area contributed by atoms with Gasteiger partial charge in [-0.05, 0) is 38.7 Å². The number of nitrogens with zero attached hydrogens (tertiary/aromatic N) is 2. The molecule has 0 amide bonds. The number of rotatable bonds is 7. The molecule has 0 aliphatic heterocycles. The molecule has 3 rings (SSSR count). The molecule has 0 saturated heterocycles. The zero-order valence-electron chi connectivity index (χ0n) is 15.1. The van der Waals surface area contributed by atoms with Crippen molar-refractivity contribution in [3.63, 3.8) is 0 Å². The third-order valence-corrected chi connectivity index (χ3v) is 5.37. The quantitative estimate of drug-likeness (QED) is 0.588. The molecule has 2 N–H and O–H groups in total. The molecule has 1 aliphatic carbocycles. The number of aryl methyl sites for hydroxylation is 2. The third kappa shape index (κ3) is 5.19. The minimum absolute atomic E-state index is 0.677. The molecule has 2 aromatic rings. The number of aliphatic imine (C=N–C) groups is 1. The minimum Gasteiger partial charge on any atom is -0.493 e. The van der Waals surface area contributed by atoms with Crippen LogP contribution in [-0.2, 0) is 13.1 Å². The van der Waals surface area contributed by atoms with Crippen molar-refractivity contribution in [2.45, 2.75) is 39.8 Å². The third-order valence-electron chi connectivity index (χ3n) is 4.29. The van der Waals surface area contributed by atoms with Crippen molar-refractivity contribution >= 4 is 17.3 Å². The Balaban J connectivity index is 1.52. The van der Waals surface area contributed by atoms with Crippen molar-refractivity contribution in [2.24, 2.45) is 10.9 Å². The van der Waals surface area contributed by atoms with Crippen molar-refractivity contribution < 1.29 is 4.74 Å². The summed E-state index contributed by atoms with van der Waals surface area (Å²) in [5.41, 5.74) is 2.25. The topological polar surface area (TPSA) is 58.5 Å². The first-order valence-corrected chi connectivity index (χ1v) is 9.55. The van der Waals surface area contributed by atoms with Gasteiger partial charge in [0.1, 0.15) is 10.8 Å². The molecule has 1 aromatic carbocycles. The molecule has 1 saturated carbocycles. The fourth-order valence-electron chi connectivity index (χ4n) is 2.46. The van der Waals surface area contributed by atoms with Gasteiger partial charge in [0.15, 0.2) is 5.96 Å². The summed E-state index contributed by atoms with van der Waals surface area (Å²) in [7, 11) is 1.78. The van der Waals surface area contributed by atoms with E-state index < -0.39 is 0 Å². The van der Waals surface area contributed by atoms with Crippen molar-refractivity contribution in [3.05, 3.63) is 45.4 Å². The standard InChI is InChI=1S/C19H26N4OS/c1-13-14(2)25-18(23-13)11-22-19(20-3)21-10-16-6-4-5-7-17(16)24-12-15-8-9-15/h4-7,15H,8-12H2,1-3H3,(H2,20,21,22). The minimum atomic E-state index is 0.677. The van der Waals surface area contributed by atoms with Crippen molar-refractivity contribution in [1.29, 1.82) is 0 Å². The lowest BCUT2D eigenvalue weighted by Gasteiger charge is -2.14. The van der Waals surface area contributed by atoms with Gasteiger partial charge in [-0.3, -0.25) is 4.99 Å². The van der Waals surface area contributed by atoms with E-state index in [-0.39, 0.29) is 0 Å². The zero-order valence-corrected chi connectivity index (χ0v) is 15.9. The van der Waals surface area contributed by atoms with Crippen LogP contribution in [0.4, 0.5) is 0 Å². The van der Waals surface area contributed by atoms with Gasteiger partial charge in [0.05, 0.1) is 18.8 Å². The van der Waals surface area contributed by atoms with E-state index in [1.54, 1.807) is 18.4 Å². The first kappa shape index (κ1) is 17.7. The molecule has 134 valence electrons. The summed E-state index contributed by atoms with van der Waals surface area (Å²) in [6.45, 7) is 6.32. The normalized spacial score (nSPS) is 14.4. The lowest BCUT2D eigenvalue weighted by atomic mass is 10.2. The average molecular weight is 359 g/mol. The van der Waals surface area contributed by atoms with E-state index >= 15 is 0 Å². The maximum atomic E-state index is 5.96. The summed E-state index contributed by atoms with van der Waals surface area (Å²) >= 11 is 1.72. The number of nitrogens with one attached hydrogen (secondary N) is 2. The largest absolute Gasteiger partial charge is 0.493 e. The Kier molecular flexibility index (Phi) is 5.91. The monoisotopic (exact) mass is 358 g/mol. The number of hydrogen-bond donors (Lipinski definition) is 2. The average Bonchev–Trinajstić information content (AvgIpc) is 3.39. The van der Waals surface area contributed by atoms with E-state index in [0.717, 1.165) is 40.5 Å². The van der Waals surface area contributed by atoms with Crippen LogP contribution in [0.25, 0.3) is 0 Å². The number of hydrogen-bond acceptors (Lipinski definition) is 4. The van der Waals surface area contributed by atoms with E-state index in [4.69, 9.17) is 4.74 Å². The molecule has 0 unspecified atom stereocenters. The van der Waals surface area contributed by atoms with E-state index in [9.17, 15) is 0 Å². The highest BCUT2D eigenvalue weighted by Crippen LogP contribution is 2.30. The zero-order chi connectivity index (χ0) is 17.6. The predicted molar refractivity (Wildman–Crippen MR) is 103 cm³/mol. The van der Waals surface area contributed by atoms with Crippen LogP contribution in [0.3, 0.4) is 0 Å². The van der Waals surface area contributed by atoms with Crippen LogP contribution in [0.1, 0.15) is 34.0 Å². The lowest BCUT2D eigenvalue weighted by molar-refractivity contribution is 0.296. The van der Waals surface area contributed by atoms with Crippen LogP contribution in [-0.4, -0.2) is 24.6 Å². The molecule has 1 heterocycles. The van der Waals surface area contributed by atoms with Gasteiger partial charge in [0.2, 0.25) is 0 Å². The number of benzene rings is 1. The molecule has 1 aliphatic rings. The number of thiazole rings is 1. The highest BCUT2D eigenvalue weighted by molar-refractivity contribution is 7.11. The predicted octanol–water partition coefficient (Wildman–Crippen LogP) is 3.41. The molecule has 1 fully saturated rings. The highest BCUT2D eigenvalue weighted by Gasteiger charge is 2.22. The Morgan fingerprint density at radius 1 is 1.24 bits per heavy atom. The molecule has 5 nitrogen and oxygen atoms in total. The Morgan fingerprint density at radius 3 is 2.68 bits per heavy atom. The second-order valence-electron chi connectivity index (χ2n) is 6.39. The van der Waals surface area contributed by atoms with E-state index in [0.29, 0.717) is 13.1 Å². The van der Waals surface area contributed by atoms with Gasteiger partial charge in [-0.2, -0.15) is 0 Å². The summed E-state index contributed by atoms with van der Waals surface area (Å²) in [5.74, 6) is 2.48. The van der Waals surface area contributed by atoms with Gasteiger partial charge in [-0.25, -0.2) is 4.98 Å². The number of guanidine groups is 1. The molecule has 25 heavy (non-hydrogen) atoms. The maximum Gasteiger partial charge on any atom is 0.191 e. The van der Waals surface area contributed by atoms with Crippen LogP contribution in [0.15, 0.2) is 29.3 Å². The van der Waals surface area contributed by atoms with Crippen molar-refractivity contribution in [2.75, 3.05) is 13.7 Å². The van der Waals surface area contributed by atoms with Crippen LogP contribution < -0.4 is 15.4 Å². The maximum absolute atomic E-state index is 5.96. The van der Waals surface area contributed by atoms with Crippen molar-refractivity contribution in [1.82, 2.24) is 15.6 Å². The molecule has 0 spiro atoms. The molecular weight excluding hydrogens is 332 g/mol. The first-order chi connectivity index (χ1) is 12.2. The van der Waals surface area contributed by atoms with E-state index in [2.05, 4.69) is 33.6 Å². The smallest absolute Gasteiger partial charge is 0.191 e. The summed E-state index contributed by atoms with van der Waals surface area (Å²) in [4.78, 5) is 10.1. The van der Waals surface area contributed by atoms with Gasteiger partial charge in [-0.15, -0.1) is 11.3 Å². The second kappa shape index (κ2) is 8.34. The first-order valence-electron chi connectivity index (χ1n) is 8.74. The second-order valence-corrected chi connectivity index (χ2v) is 7.68. The Morgan fingerprint density at radius 2 is 2.00 bits per heavy atom. The van der Waals surface area contributed by atoms with E-state index in [1.807, 2.05) is 25.1 Å². The molecule has 6 heteroatoms. The van der Waals surface area contributed by atoms with Gasteiger partial charge in [0.25, 0.3) is 0 Å². The van der Waals surface area contributed by atoms with Crippen molar-refractivity contribution in [3.8, 4) is 5.75 Å². The molecule has 0 atom stereocenters. The summed E-state index contributed by atoms with van der Waals surface area (Å²) < 4.78 is 5.96. The molecule has 0 radical (unpaired) electrons. The Labute approximate surface area is 153 Å². The molecule has 1 aromatic heterocycles. The number of ether oxygens (including phenoxy) is 1. The van der Waals surface area contributed by atoms with Gasteiger partial charge >= 0.3 is 0 Å². The SMILES string of the molecule is CN=C(NCc1nc(C)c(C)s1)NCc1ccccc1OCC1CC1. The lowest BCUT2D eigenvalue weighted by Crippen LogP contribution is -2.36. The van der Waals surface area contributed by atoms with Crippen LogP contribution in [0.5, 0.6) is 5.75 Å². The Bertz CT molecular complexity index is 717. The fraction of sp³-hybridized carbons (Fsp3) is 0.474. The molecule has 0 bridgehead atoms. The summed E-state index contributed by atoms with van der Waals surface area (Å²) in [6.07, 6.45) is 2.60. The van der Waals surface area contributed by atoms with Gasteiger partial charge < -0.3 is 15.4 Å². The van der Waals surface area contributed by atoms with Gasteiger partial charge in [0, 0.05) is 24.0 Å². The highest BCUT2D eigenvalue weighted by atomic mass is 32.1. The fourth-order valence-corrected chi connectivity index (χ4v) is 3.33. The van der Waals surface area contributed by atoms with Crippen LogP contribution >= 0.6 is 11.3 Å². The van der Waals surface area contributed by atoms with Crippen LogP contribution in [0, 0.1) is 19.8 Å². The number of aromatic nitrogens is 1. The summed E-state index contributed by atoms with van der Waals surface area (Å²) in [6, 6.07) is 8.19. The Hall–Kier alpha value is -2.08. The van der Waals surface area contributed by atoms with E-state index in [1.165, 1.54) is 17.7 Å². The molecular formula is C19H26N4OS. The summed E-state index contributed by atoms with van der Waals surface area (Å²) in [5, 5.41) is 7.75.